The van der Waals surface area contributed by atoms with Crippen LogP contribution >= 0.6 is 11.6 Å². The number of carbonyl (C=O) groups excluding carboxylic acids is 1. The number of anilines is 1. The molecule has 0 fully saturated rings. The Bertz CT molecular complexity index is 869. The number of hydrogen-bond donors (Lipinski definition) is 2. The van der Waals surface area contributed by atoms with Gasteiger partial charge in [-0.25, -0.2) is 0 Å². The van der Waals surface area contributed by atoms with Crippen LogP contribution < -0.4 is 10.6 Å². The Kier molecular flexibility index (Phi) is 6.00. The molecule has 132 valence electrons. The van der Waals surface area contributed by atoms with Crippen LogP contribution in [0.15, 0.2) is 72.9 Å². The predicted octanol–water partition coefficient (Wildman–Crippen LogP) is 4.84. The van der Waals surface area contributed by atoms with E-state index in [1.165, 1.54) is 5.56 Å². The summed E-state index contributed by atoms with van der Waals surface area (Å²) in [6.07, 6.45) is 1.59. The standard InChI is InChI=1S/C21H20ClN3O/c1-15(17-7-3-2-4-8-17)24-14-16-10-11-18(22)20(13-16)25-21(26)19-9-5-6-12-23-19/h2-13,15,24H,14H2,1H3,(H,25,26)/t15-/m1/s1. The molecule has 3 rings (SSSR count). The van der Waals surface area contributed by atoms with Crippen molar-refractivity contribution in [3.05, 3.63) is 94.8 Å². The summed E-state index contributed by atoms with van der Waals surface area (Å²) in [5.41, 5.74) is 3.19. The van der Waals surface area contributed by atoms with E-state index in [4.69, 9.17) is 11.6 Å². The molecular weight excluding hydrogens is 346 g/mol. The summed E-state index contributed by atoms with van der Waals surface area (Å²) in [7, 11) is 0. The smallest absolute Gasteiger partial charge is 0.274 e. The highest BCUT2D eigenvalue weighted by molar-refractivity contribution is 6.33. The summed E-state index contributed by atoms with van der Waals surface area (Å²) in [4.78, 5) is 16.3. The number of amides is 1. The molecule has 4 nitrogen and oxygen atoms in total. The molecule has 0 saturated carbocycles. The zero-order valence-electron chi connectivity index (χ0n) is 14.4. The molecular formula is C21H20ClN3O. The Hall–Kier alpha value is -2.69. The first-order valence-corrected chi connectivity index (χ1v) is 8.80. The molecule has 0 radical (unpaired) electrons. The summed E-state index contributed by atoms with van der Waals surface area (Å²) < 4.78 is 0. The zero-order chi connectivity index (χ0) is 18.4. The minimum atomic E-state index is -0.282. The van der Waals surface area contributed by atoms with Gasteiger partial charge in [-0.1, -0.05) is 54.1 Å². The SMILES string of the molecule is C[C@@H](NCc1ccc(Cl)c(NC(=O)c2ccccn2)c1)c1ccccc1. The lowest BCUT2D eigenvalue weighted by Crippen LogP contribution is -2.18. The van der Waals surface area contributed by atoms with E-state index in [0.29, 0.717) is 22.9 Å². The van der Waals surface area contributed by atoms with Crippen LogP contribution in [0.1, 0.15) is 34.6 Å². The quantitative estimate of drug-likeness (QED) is 0.657. The lowest BCUT2D eigenvalue weighted by molar-refractivity contribution is 0.102. The Morgan fingerprint density at radius 3 is 2.58 bits per heavy atom. The van der Waals surface area contributed by atoms with Crippen molar-refractivity contribution >= 4 is 23.2 Å². The van der Waals surface area contributed by atoms with Crippen LogP contribution in [-0.2, 0) is 6.54 Å². The topological polar surface area (TPSA) is 54.0 Å². The van der Waals surface area contributed by atoms with Gasteiger partial charge < -0.3 is 10.6 Å². The third-order valence-corrected chi connectivity index (χ3v) is 4.42. The van der Waals surface area contributed by atoms with Gasteiger partial charge in [0.25, 0.3) is 5.91 Å². The number of benzene rings is 2. The van der Waals surface area contributed by atoms with Crippen molar-refractivity contribution in [3.8, 4) is 0 Å². The fourth-order valence-corrected chi connectivity index (χ4v) is 2.76. The average Bonchev–Trinajstić information content (AvgIpc) is 2.69. The van der Waals surface area contributed by atoms with Gasteiger partial charge in [-0.05, 0) is 42.3 Å². The van der Waals surface area contributed by atoms with E-state index in [2.05, 4.69) is 34.7 Å². The molecule has 1 atom stereocenters. The van der Waals surface area contributed by atoms with Crippen molar-refractivity contribution in [3.63, 3.8) is 0 Å². The van der Waals surface area contributed by atoms with Crippen LogP contribution in [0, 0.1) is 0 Å². The van der Waals surface area contributed by atoms with Crippen LogP contribution in [0.25, 0.3) is 0 Å². The second kappa shape index (κ2) is 8.61. The monoisotopic (exact) mass is 365 g/mol. The minimum Gasteiger partial charge on any atom is -0.319 e. The van der Waals surface area contributed by atoms with Crippen molar-refractivity contribution in [2.75, 3.05) is 5.32 Å². The predicted molar refractivity (Wildman–Crippen MR) is 105 cm³/mol. The molecule has 0 unspecified atom stereocenters. The Morgan fingerprint density at radius 1 is 1.08 bits per heavy atom. The first kappa shape index (κ1) is 18.1. The highest BCUT2D eigenvalue weighted by atomic mass is 35.5. The van der Waals surface area contributed by atoms with Gasteiger partial charge in [0.15, 0.2) is 0 Å². The van der Waals surface area contributed by atoms with E-state index in [1.54, 1.807) is 30.5 Å². The maximum atomic E-state index is 12.3. The van der Waals surface area contributed by atoms with Gasteiger partial charge in [-0.2, -0.15) is 0 Å². The molecule has 0 spiro atoms. The van der Waals surface area contributed by atoms with Crippen LogP contribution in [0.4, 0.5) is 5.69 Å². The zero-order valence-corrected chi connectivity index (χ0v) is 15.2. The van der Waals surface area contributed by atoms with Gasteiger partial charge in [0, 0.05) is 18.8 Å². The number of rotatable bonds is 6. The maximum Gasteiger partial charge on any atom is 0.274 e. The van der Waals surface area contributed by atoms with Gasteiger partial charge in [0.2, 0.25) is 0 Å². The van der Waals surface area contributed by atoms with E-state index >= 15 is 0 Å². The lowest BCUT2D eigenvalue weighted by Gasteiger charge is -2.15. The Balaban J connectivity index is 1.67. The van der Waals surface area contributed by atoms with E-state index in [9.17, 15) is 4.79 Å². The van der Waals surface area contributed by atoms with Crippen LogP contribution in [0.2, 0.25) is 5.02 Å². The largest absolute Gasteiger partial charge is 0.319 e. The fourth-order valence-electron chi connectivity index (χ4n) is 2.59. The van der Waals surface area contributed by atoms with Crippen molar-refractivity contribution in [1.82, 2.24) is 10.3 Å². The van der Waals surface area contributed by atoms with Crippen LogP contribution in [-0.4, -0.2) is 10.9 Å². The molecule has 0 saturated heterocycles. The second-order valence-corrected chi connectivity index (χ2v) is 6.40. The lowest BCUT2D eigenvalue weighted by atomic mass is 10.1. The van der Waals surface area contributed by atoms with Crippen molar-refractivity contribution in [2.45, 2.75) is 19.5 Å². The molecule has 1 amide bonds. The number of carbonyl (C=O) groups is 1. The van der Waals surface area contributed by atoms with Crippen molar-refractivity contribution < 1.29 is 4.79 Å². The second-order valence-electron chi connectivity index (χ2n) is 6.00. The van der Waals surface area contributed by atoms with Crippen LogP contribution in [0.5, 0.6) is 0 Å². The van der Waals surface area contributed by atoms with Gasteiger partial charge in [0.05, 0.1) is 10.7 Å². The first-order valence-electron chi connectivity index (χ1n) is 8.42. The molecule has 2 N–H and O–H groups in total. The molecule has 26 heavy (non-hydrogen) atoms. The fraction of sp³-hybridized carbons (Fsp3) is 0.143. The number of hydrogen-bond acceptors (Lipinski definition) is 3. The van der Waals surface area contributed by atoms with E-state index in [0.717, 1.165) is 5.56 Å². The van der Waals surface area contributed by atoms with Crippen molar-refractivity contribution in [1.29, 1.82) is 0 Å². The molecule has 2 aromatic carbocycles. The molecule has 0 aliphatic carbocycles. The average molecular weight is 366 g/mol. The van der Waals surface area contributed by atoms with Gasteiger partial charge in [-0.15, -0.1) is 0 Å². The molecule has 3 aromatic rings. The summed E-state index contributed by atoms with van der Waals surface area (Å²) in [5, 5.41) is 6.80. The highest BCUT2D eigenvalue weighted by Gasteiger charge is 2.11. The van der Waals surface area contributed by atoms with Gasteiger partial charge in [-0.3, -0.25) is 9.78 Å². The first-order chi connectivity index (χ1) is 12.6. The third kappa shape index (κ3) is 4.69. The Labute approximate surface area is 158 Å². The number of nitrogens with zero attached hydrogens (tertiary/aromatic N) is 1. The number of pyridine rings is 1. The molecule has 0 aliphatic heterocycles. The van der Waals surface area contributed by atoms with Gasteiger partial charge in [0.1, 0.15) is 5.69 Å². The third-order valence-electron chi connectivity index (χ3n) is 4.09. The minimum absolute atomic E-state index is 0.221. The summed E-state index contributed by atoms with van der Waals surface area (Å²) in [5.74, 6) is -0.282. The number of nitrogens with one attached hydrogen (secondary N) is 2. The van der Waals surface area contributed by atoms with Crippen molar-refractivity contribution in [2.24, 2.45) is 0 Å². The van der Waals surface area contributed by atoms with Crippen LogP contribution in [0.3, 0.4) is 0 Å². The van der Waals surface area contributed by atoms with E-state index in [1.807, 2.05) is 30.3 Å². The summed E-state index contributed by atoms with van der Waals surface area (Å²) >= 11 is 6.23. The molecule has 1 aromatic heterocycles. The molecule has 1 heterocycles. The summed E-state index contributed by atoms with van der Waals surface area (Å²) in [6.45, 7) is 2.79. The molecule has 0 bridgehead atoms. The maximum absolute atomic E-state index is 12.3. The van der Waals surface area contributed by atoms with E-state index in [-0.39, 0.29) is 11.9 Å². The number of halogens is 1. The summed E-state index contributed by atoms with van der Waals surface area (Å²) in [6, 6.07) is 21.3. The normalized spacial score (nSPS) is 11.8. The van der Waals surface area contributed by atoms with Gasteiger partial charge >= 0.3 is 0 Å². The van der Waals surface area contributed by atoms with E-state index < -0.39 is 0 Å². The molecule has 5 heteroatoms. The Morgan fingerprint density at radius 2 is 1.85 bits per heavy atom. The molecule has 0 aliphatic rings. The number of aromatic nitrogens is 1. The highest BCUT2D eigenvalue weighted by Crippen LogP contribution is 2.24.